The van der Waals surface area contributed by atoms with Crippen molar-refractivity contribution >= 4 is 23.5 Å². The van der Waals surface area contributed by atoms with Crippen molar-refractivity contribution in [2.75, 3.05) is 13.2 Å². The highest BCUT2D eigenvalue weighted by Gasteiger charge is 2.12. The number of ether oxygens (including phenoxy) is 2. The number of carbonyl (C=O) groups is 2. The summed E-state index contributed by atoms with van der Waals surface area (Å²) in [4.78, 5) is 24.0. The van der Waals surface area contributed by atoms with E-state index in [1.807, 2.05) is 0 Å². The Balaban J connectivity index is 3.41. The van der Waals surface area contributed by atoms with Crippen LogP contribution in [0.15, 0.2) is 12.2 Å². The molecule has 0 aromatic rings. The molecule has 260 valence electrons. The van der Waals surface area contributed by atoms with Crippen molar-refractivity contribution in [3.05, 3.63) is 12.2 Å². The average Bonchev–Trinajstić information content (AvgIpc) is 3.02. The Morgan fingerprint density at radius 1 is 0.455 bits per heavy atom. The second-order valence-corrected chi connectivity index (χ2v) is 13.6. The van der Waals surface area contributed by atoms with Crippen LogP contribution in [0.1, 0.15) is 206 Å². The van der Waals surface area contributed by atoms with Gasteiger partial charge in [0.05, 0.1) is 0 Å². The first-order valence-corrected chi connectivity index (χ1v) is 19.6. The van der Waals surface area contributed by atoms with Gasteiger partial charge in [-0.05, 0) is 38.5 Å². The van der Waals surface area contributed by atoms with Crippen LogP contribution in [0.3, 0.4) is 0 Å². The maximum Gasteiger partial charge on any atom is 0.305 e. The lowest BCUT2D eigenvalue weighted by Crippen LogP contribution is -2.21. The second-order valence-electron chi connectivity index (χ2n) is 13.0. The van der Waals surface area contributed by atoms with Crippen molar-refractivity contribution < 1.29 is 19.1 Å². The second kappa shape index (κ2) is 36.4. The lowest BCUT2D eigenvalue weighted by molar-refractivity contribution is -0.146. The standard InChI is InChI=1S/C39H73ClO4/c1-3-5-7-9-11-13-15-17-19-21-23-25-27-29-31-33-38(41)43-35-37(40)36-44-39(42)34-32-30-28-26-24-22-20-18-16-14-12-10-8-6-4-2/h17,19,37H,3-16,18,20-36H2,1-2H3/b19-17+. The molecule has 4 nitrogen and oxygen atoms in total. The average molecular weight is 641 g/mol. The first kappa shape index (κ1) is 43.0. The molecule has 0 aromatic heterocycles. The first-order valence-electron chi connectivity index (χ1n) is 19.2. The molecule has 0 N–H and O–H groups in total. The van der Waals surface area contributed by atoms with E-state index in [2.05, 4.69) is 26.0 Å². The van der Waals surface area contributed by atoms with E-state index < -0.39 is 5.38 Å². The summed E-state index contributed by atoms with van der Waals surface area (Å²) in [5.74, 6) is -0.414. The Morgan fingerprint density at radius 3 is 1.05 bits per heavy atom. The van der Waals surface area contributed by atoms with Crippen molar-refractivity contribution in [3.8, 4) is 0 Å². The number of carbonyl (C=O) groups excluding carboxylic acids is 2. The van der Waals surface area contributed by atoms with Gasteiger partial charge in [0.1, 0.15) is 18.6 Å². The number of allylic oxidation sites excluding steroid dienone is 2. The molecule has 0 rings (SSSR count). The molecule has 44 heavy (non-hydrogen) atoms. The van der Waals surface area contributed by atoms with Crippen LogP contribution in [0.5, 0.6) is 0 Å². The van der Waals surface area contributed by atoms with Crippen molar-refractivity contribution in [1.82, 2.24) is 0 Å². The Kier molecular flexibility index (Phi) is 35.6. The van der Waals surface area contributed by atoms with Crippen LogP contribution in [0.2, 0.25) is 0 Å². The van der Waals surface area contributed by atoms with Crippen LogP contribution < -0.4 is 0 Å². The third-order valence-corrected chi connectivity index (χ3v) is 8.73. The third-order valence-electron chi connectivity index (χ3n) is 8.48. The van der Waals surface area contributed by atoms with E-state index in [1.165, 1.54) is 148 Å². The van der Waals surface area contributed by atoms with Gasteiger partial charge in [0, 0.05) is 12.8 Å². The Morgan fingerprint density at radius 2 is 0.727 bits per heavy atom. The van der Waals surface area contributed by atoms with Gasteiger partial charge in [0.2, 0.25) is 0 Å². The summed E-state index contributed by atoms with van der Waals surface area (Å²) < 4.78 is 10.6. The zero-order valence-corrected chi connectivity index (χ0v) is 30.1. The molecule has 0 aliphatic carbocycles. The molecule has 0 fully saturated rings. The highest BCUT2D eigenvalue weighted by molar-refractivity contribution is 6.21. The van der Waals surface area contributed by atoms with E-state index in [1.54, 1.807) is 0 Å². The SMILES string of the molecule is CCCCCCCC/C=C/CCCCCCCC(=O)OCC(Cl)COC(=O)CCCCCCCCCCCCCCCCC. The van der Waals surface area contributed by atoms with Crippen molar-refractivity contribution in [1.29, 1.82) is 0 Å². The molecule has 0 aromatic carbocycles. The molecule has 0 aliphatic heterocycles. The molecule has 5 heteroatoms. The van der Waals surface area contributed by atoms with Crippen LogP contribution in [0, 0.1) is 0 Å². The van der Waals surface area contributed by atoms with Crippen LogP contribution in [0.4, 0.5) is 0 Å². The largest absolute Gasteiger partial charge is 0.464 e. The summed E-state index contributed by atoms with van der Waals surface area (Å²) in [5, 5.41) is -0.488. The Bertz CT molecular complexity index is 636. The summed E-state index contributed by atoms with van der Waals surface area (Å²) in [6, 6.07) is 0. The molecule has 0 bridgehead atoms. The Labute approximate surface area is 279 Å². The van der Waals surface area contributed by atoms with Crippen molar-refractivity contribution in [2.45, 2.75) is 212 Å². The molecule has 1 unspecified atom stereocenters. The normalized spacial score (nSPS) is 12.2. The van der Waals surface area contributed by atoms with Crippen LogP contribution in [-0.2, 0) is 19.1 Å². The van der Waals surface area contributed by atoms with Gasteiger partial charge < -0.3 is 9.47 Å². The van der Waals surface area contributed by atoms with Gasteiger partial charge in [0.25, 0.3) is 0 Å². The van der Waals surface area contributed by atoms with Gasteiger partial charge in [-0.25, -0.2) is 0 Å². The summed E-state index contributed by atoms with van der Waals surface area (Å²) in [5.41, 5.74) is 0. The maximum absolute atomic E-state index is 12.0. The molecular formula is C39H73ClO4. The number of esters is 2. The minimum absolute atomic E-state index is 0.0949. The van der Waals surface area contributed by atoms with Gasteiger partial charge >= 0.3 is 11.9 Å². The smallest absolute Gasteiger partial charge is 0.305 e. The van der Waals surface area contributed by atoms with E-state index in [-0.39, 0.29) is 25.2 Å². The summed E-state index contributed by atoms with van der Waals surface area (Å²) in [7, 11) is 0. The molecule has 0 spiro atoms. The van der Waals surface area contributed by atoms with E-state index in [9.17, 15) is 9.59 Å². The number of hydrogen-bond donors (Lipinski definition) is 0. The van der Waals surface area contributed by atoms with Crippen molar-refractivity contribution in [2.24, 2.45) is 0 Å². The lowest BCUT2D eigenvalue weighted by atomic mass is 10.0. The number of unbranched alkanes of at least 4 members (excludes halogenated alkanes) is 25. The number of halogens is 1. The molecule has 0 saturated heterocycles. The first-order chi connectivity index (χ1) is 21.6. The number of alkyl halides is 1. The molecule has 0 saturated carbocycles. The van der Waals surface area contributed by atoms with Crippen molar-refractivity contribution in [3.63, 3.8) is 0 Å². The molecular weight excluding hydrogens is 568 g/mol. The van der Waals surface area contributed by atoms with E-state index >= 15 is 0 Å². The highest BCUT2D eigenvalue weighted by atomic mass is 35.5. The molecule has 1 atom stereocenters. The topological polar surface area (TPSA) is 52.6 Å². The third kappa shape index (κ3) is 35.4. The van der Waals surface area contributed by atoms with Gasteiger partial charge in [-0.2, -0.15) is 0 Å². The van der Waals surface area contributed by atoms with Gasteiger partial charge in [-0.3, -0.25) is 9.59 Å². The quantitative estimate of drug-likeness (QED) is 0.0299. The van der Waals surface area contributed by atoms with Gasteiger partial charge in [0.15, 0.2) is 0 Å². The fraction of sp³-hybridized carbons (Fsp3) is 0.897. The predicted octanol–water partition coefficient (Wildman–Crippen LogP) is 13.0. The van der Waals surface area contributed by atoms with E-state index in [0.717, 1.165) is 32.1 Å². The van der Waals surface area contributed by atoms with E-state index in [4.69, 9.17) is 21.1 Å². The predicted molar refractivity (Wildman–Crippen MR) is 191 cm³/mol. The van der Waals surface area contributed by atoms with Crippen LogP contribution in [-0.4, -0.2) is 30.5 Å². The van der Waals surface area contributed by atoms with Crippen LogP contribution >= 0.6 is 11.6 Å². The number of hydrogen-bond acceptors (Lipinski definition) is 4. The fourth-order valence-corrected chi connectivity index (χ4v) is 5.67. The van der Waals surface area contributed by atoms with E-state index in [0.29, 0.717) is 12.8 Å². The Hall–Kier alpha value is -1.03. The zero-order chi connectivity index (χ0) is 32.2. The monoisotopic (exact) mass is 641 g/mol. The summed E-state index contributed by atoms with van der Waals surface area (Å²) >= 11 is 6.20. The minimum Gasteiger partial charge on any atom is -0.464 e. The summed E-state index contributed by atoms with van der Waals surface area (Å²) in [6.45, 7) is 4.73. The van der Waals surface area contributed by atoms with Crippen LogP contribution in [0.25, 0.3) is 0 Å². The summed E-state index contributed by atoms with van der Waals surface area (Å²) in [6.07, 6.45) is 41.2. The fourth-order valence-electron chi connectivity index (χ4n) is 5.54. The molecule has 0 heterocycles. The molecule has 0 radical (unpaired) electrons. The number of rotatable bonds is 35. The highest BCUT2D eigenvalue weighted by Crippen LogP contribution is 2.14. The molecule has 0 amide bonds. The molecule has 0 aliphatic rings. The maximum atomic E-state index is 12.0. The lowest BCUT2D eigenvalue weighted by Gasteiger charge is -2.11. The van der Waals surface area contributed by atoms with Gasteiger partial charge in [-0.1, -0.05) is 167 Å². The zero-order valence-electron chi connectivity index (χ0n) is 29.4. The van der Waals surface area contributed by atoms with Gasteiger partial charge in [-0.15, -0.1) is 11.6 Å². The minimum atomic E-state index is -0.488.